The van der Waals surface area contributed by atoms with Gasteiger partial charge in [-0.2, -0.15) is 0 Å². The van der Waals surface area contributed by atoms with Crippen LogP contribution in [0.2, 0.25) is 5.02 Å². The molecule has 3 N–H and O–H groups in total. The molecule has 0 aliphatic rings. The van der Waals surface area contributed by atoms with Crippen LogP contribution >= 0.6 is 27.5 Å². The van der Waals surface area contributed by atoms with Crippen molar-refractivity contribution in [1.29, 1.82) is 0 Å². The average Bonchev–Trinajstić information content (AvgIpc) is 2.92. The van der Waals surface area contributed by atoms with E-state index in [1.165, 1.54) is 48.8 Å². The Morgan fingerprint density at radius 3 is 2.58 bits per heavy atom. The Morgan fingerprint density at radius 2 is 1.85 bits per heavy atom. The minimum Gasteiger partial charge on any atom is -0.493 e. The van der Waals surface area contributed by atoms with Gasteiger partial charge in [-0.3, -0.25) is 14.2 Å². The van der Waals surface area contributed by atoms with Crippen LogP contribution in [0.3, 0.4) is 0 Å². The molecule has 0 saturated carbocycles. The summed E-state index contributed by atoms with van der Waals surface area (Å²) in [7, 11) is 0. The molecule has 0 aliphatic heterocycles. The molecule has 13 heteroatoms. The number of anilines is 2. The fraction of sp³-hybridized carbons (Fsp3) is 0.148. The van der Waals surface area contributed by atoms with Crippen LogP contribution < -0.4 is 30.8 Å². The van der Waals surface area contributed by atoms with Crippen LogP contribution in [0.4, 0.5) is 20.3 Å². The first-order valence-electron chi connectivity index (χ1n) is 11.8. The number of carbonyl (C=O) groups excluding carboxylic acids is 1. The molecule has 0 bridgehead atoms. The molecule has 0 radical (unpaired) electrons. The van der Waals surface area contributed by atoms with Gasteiger partial charge in [0.05, 0.1) is 18.9 Å². The molecule has 2 aromatic heterocycles. The van der Waals surface area contributed by atoms with Gasteiger partial charge in [0, 0.05) is 41.6 Å². The van der Waals surface area contributed by atoms with Crippen LogP contribution in [0.5, 0.6) is 23.0 Å². The number of nitrogens with one attached hydrogen (secondary N) is 1. The van der Waals surface area contributed by atoms with E-state index < -0.39 is 23.1 Å². The summed E-state index contributed by atoms with van der Waals surface area (Å²) >= 11 is 9.26. The zero-order chi connectivity index (χ0) is 28.8. The quantitative estimate of drug-likeness (QED) is 0.206. The average molecular weight is 636 g/mol. The number of nitrogen functional groups attached to an aromatic ring is 1. The molecule has 1 amide bonds. The number of amides is 1. The Balaban J connectivity index is 1.64. The summed E-state index contributed by atoms with van der Waals surface area (Å²) in [6.45, 7) is 2.07. The lowest BCUT2D eigenvalue weighted by atomic mass is 10.2. The van der Waals surface area contributed by atoms with Gasteiger partial charge in [-0.15, -0.1) is 0 Å². The highest BCUT2D eigenvalue weighted by molar-refractivity contribution is 9.09. The van der Waals surface area contributed by atoms with E-state index in [0.717, 1.165) is 16.7 Å². The summed E-state index contributed by atoms with van der Waals surface area (Å²) in [6.07, 6.45) is 2.75. The third-order valence-electron chi connectivity index (χ3n) is 5.40. The summed E-state index contributed by atoms with van der Waals surface area (Å²) < 4.78 is 46.5. The molecule has 208 valence electrons. The number of benzene rings is 2. The second kappa shape index (κ2) is 12.8. The van der Waals surface area contributed by atoms with Gasteiger partial charge in [-0.1, -0.05) is 27.5 Å². The predicted octanol–water partition coefficient (Wildman–Crippen LogP) is 5.96. The van der Waals surface area contributed by atoms with Gasteiger partial charge in [0.2, 0.25) is 0 Å². The first-order chi connectivity index (χ1) is 19.2. The van der Waals surface area contributed by atoms with E-state index in [1.54, 1.807) is 6.92 Å². The number of nitrogens with two attached hydrogens (primary N) is 1. The fourth-order valence-corrected chi connectivity index (χ4v) is 3.91. The molecule has 0 spiro atoms. The van der Waals surface area contributed by atoms with Crippen molar-refractivity contribution in [1.82, 2.24) is 9.55 Å². The lowest BCUT2D eigenvalue weighted by Gasteiger charge is -2.15. The maximum absolute atomic E-state index is 14.8. The van der Waals surface area contributed by atoms with E-state index in [-0.39, 0.29) is 64.0 Å². The number of halogens is 4. The van der Waals surface area contributed by atoms with Gasteiger partial charge in [0.25, 0.3) is 11.5 Å². The molecular weight excluding hydrogens is 614 g/mol. The van der Waals surface area contributed by atoms with Gasteiger partial charge < -0.3 is 25.3 Å². The van der Waals surface area contributed by atoms with Crippen molar-refractivity contribution in [2.75, 3.05) is 29.6 Å². The molecule has 0 atom stereocenters. The van der Waals surface area contributed by atoms with Gasteiger partial charge >= 0.3 is 0 Å². The SMILES string of the molecule is CCOc1ccn(-c2ccc(F)c(OCCBr)c2)c(=O)c1C(=O)Nc1ccc(Oc2ccnc(N)c2Cl)c(F)c1. The van der Waals surface area contributed by atoms with Gasteiger partial charge in [0.15, 0.2) is 28.9 Å². The molecule has 0 unspecified atom stereocenters. The largest absolute Gasteiger partial charge is 0.493 e. The molecule has 2 aromatic carbocycles. The fourth-order valence-electron chi connectivity index (χ4n) is 3.60. The van der Waals surface area contributed by atoms with E-state index in [9.17, 15) is 18.4 Å². The van der Waals surface area contributed by atoms with E-state index in [2.05, 4.69) is 26.2 Å². The number of hydrogen-bond donors (Lipinski definition) is 2. The standard InChI is InChI=1S/C27H22BrClF2N4O5/c1-2-38-20-8-11-35(16-4-5-17(30)22(14-16)39-12-9-28)27(37)23(20)26(36)34-15-3-6-19(18(31)13-15)40-21-7-10-33-25(32)24(21)29/h3-8,10-11,13-14H,2,9,12H2,1H3,(H2,32,33)(H,34,36). The van der Waals surface area contributed by atoms with E-state index >= 15 is 0 Å². The summed E-state index contributed by atoms with van der Waals surface area (Å²) in [5.74, 6) is -2.38. The zero-order valence-electron chi connectivity index (χ0n) is 20.9. The maximum atomic E-state index is 14.8. The Bertz CT molecular complexity index is 1620. The third kappa shape index (κ3) is 6.35. The number of rotatable bonds is 10. The van der Waals surface area contributed by atoms with Crippen LogP contribution in [-0.2, 0) is 0 Å². The van der Waals surface area contributed by atoms with Crippen molar-refractivity contribution in [2.45, 2.75) is 6.92 Å². The Kier molecular flexibility index (Phi) is 9.22. The number of alkyl halides is 1. The highest BCUT2D eigenvalue weighted by atomic mass is 79.9. The molecule has 40 heavy (non-hydrogen) atoms. The van der Waals surface area contributed by atoms with Crippen molar-refractivity contribution < 1.29 is 27.8 Å². The number of hydrogen-bond acceptors (Lipinski definition) is 7. The lowest BCUT2D eigenvalue weighted by Crippen LogP contribution is -2.29. The Morgan fingerprint density at radius 1 is 1.05 bits per heavy atom. The molecule has 4 rings (SSSR count). The summed E-state index contributed by atoms with van der Waals surface area (Å²) in [4.78, 5) is 30.5. The Hall–Kier alpha value is -4.16. The minimum atomic E-state index is -0.848. The highest BCUT2D eigenvalue weighted by Crippen LogP contribution is 2.34. The monoisotopic (exact) mass is 634 g/mol. The normalized spacial score (nSPS) is 10.7. The van der Waals surface area contributed by atoms with Gasteiger partial charge in [-0.05, 0) is 37.3 Å². The number of nitrogens with zero attached hydrogens (tertiary/aromatic N) is 2. The van der Waals surface area contributed by atoms with Crippen molar-refractivity contribution >= 4 is 44.9 Å². The molecule has 4 aromatic rings. The van der Waals surface area contributed by atoms with Crippen LogP contribution in [0.25, 0.3) is 5.69 Å². The molecular formula is C27H22BrClF2N4O5. The van der Waals surface area contributed by atoms with Crippen LogP contribution in [-0.4, -0.2) is 34.0 Å². The van der Waals surface area contributed by atoms with Gasteiger partial charge in [0.1, 0.15) is 22.2 Å². The molecule has 0 fully saturated rings. The van der Waals surface area contributed by atoms with Crippen molar-refractivity contribution in [3.05, 3.63) is 93.5 Å². The third-order valence-corrected chi connectivity index (χ3v) is 6.10. The Labute approximate surface area is 240 Å². The van der Waals surface area contributed by atoms with Crippen molar-refractivity contribution in [3.8, 4) is 28.7 Å². The number of carbonyl (C=O) groups is 1. The topological polar surface area (TPSA) is 118 Å². The van der Waals surface area contributed by atoms with Crippen molar-refractivity contribution in [2.24, 2.45) is 0 Å². The smallest absolute Gasteiger partial charge is 0.271 e. The summed E-state index contributed by atoms with van der Waals surface area (Å²) in [5, 5.41) is 3.00. The lowest BCUT2D eigenvalue weighted by molar-refractivity contribution is 0.102. The predicted molar refractivity (Wildman–Crippen MR) is 151 cm³/mol. The van der Waals surface area contributed by atoms with E-state index in [1.807, 2.05) is 0 Å². The highest BCUT2D eigenvalue weighted by Gasteiger charge is 2.21. The first-order valence-corrected chi connectivity index (χ1v) is 13.3. The number of ether oxygens (including phenoxy) is 3. The van der Waals surface area contributed by atoms with E-state index in [4.69, 9.17) is 31.5 Å². The van der Waals surface area contributed by atoms with E-state index in [0.29, 0.717) is 5.33 Å². The zero-order valence-corrected chi connectivity index (χ0v) is 23.3. The summed E-state index contributed by atoms with van der Waals surface area (Å²) in [5.41, 5.74) is 4.87. The molecule has 9 nitrogen and oxygen atoms in total. The van der Waals surface area contributed by atoms with Gasteiger partial charge in [-0.25, -0.2) is 13.8 Å². The molecule has 0 saturated heterocycles. The summed E-state index contributed by atoms with van der Waals surface area (Å²) in [6, 6.07) is 10.4. The molecule has 2 heterocycles. The minimum absolute atomic E-state index is 0.0180. The number of pyridine rings is 2. The second-order valence-corrected chi connectivity index (χ2v) is 9.20. The van der Waals surface area contributed by atoms with Crippen LogP contribution in [0, 0.1) is 11.6 Å². The molecule has 0 aliphatic carbocycles. The second-order valence-electron chi connectivity index (χ2n) is 8.03. The first kappa shape index (κ1) is 28.8. The maximum Gasteiger partial charge on any atom is 0.271 e. The van der Waals surface area contributed by atoms with Crippen LogP contribution in [0.1, 0.15) is 17.3 Å². The van der Waals surface area contributed by atoms with Crippen molar-refractivity contribution in [3.63, 3.8) is 0 Å². The number of aromatic nitrogens is 2. The van der Waals surface area contributed by atoms with Crippen LogP contribution in [0.15, 0.2) is 65.7 Å².